The largest absolute Gasteiger partial charge is 0.390 e. The third kappa shape index (κ3) is 4.60. The minimum Gasteiger partial charge on any atom is -0.390 e. The normalized spacial score (nSPS) is 50.7. The van der Waals surface area contributed by atoms with Crippen LogP contribution in [0.15, 0.2) is 0 Å². The predicted molar refractivity (Wildman–Crippen MR) is 175 cm³/mol. The summed E-state index contributed by atoms with van der Waals surface area (Å²) in [7, 11) is 0. The molecule has 0 aromatic heterocycles. The number of morpholine rings is 1. The molecule has 44 heavy (non-hydrogen) atoms. The highest BCUT2D eigenvalue weighted by molar-refractivity contribution is 5.29. The first-order valence-corrected chi connectivity index (χ1v) is 18.9. The van der Waals surface area contributed by atoms with E-state index in [-0.39, 0.29) is 19.2 Å². The third-order valence-electron chi connectivity index (χ3n) is 15.9. The van der Waals surface area contributed by atoms with E-state index in [2.05, 4.69) is 44.4 Å². The van der Waals surface area contributed by atoms with Crippen molar-refractivity contribution in [1.82, 2.24) is 9.80 Å². The van der Waals surface area contributed by atoms with Crippen LogP contribution in [0.5, 0.6) is 0 Å². The molecule has 5 saturated carbocycles. The van der Waals surface area contributed by atoms with Crippen LogP contribution < -0.4 is 0 Å². The molecule has 8 aliphatic rings. The van der Waals surface area contributed by atoms with Crippen molar-refractivity contribution in [3.05, 3.63) is 0 Å². The van der Waals surface area contributed by atoms with Crippen LogP contribution >= 0.6 is 0 Å². The molecule has 2 spiro atoms. The maximum atomic E-state index is 10.5. The average molecular weight is 615 g/mol. The number of likely N-dealkylation sites (tertiary alicyclic amines) is 1. The highest BCUT2D eigenvalue weighted by Gasteiger charge is 2.80. The Morgan fingerprint density at radius 3 is 2.45 bits per heavy atom. The molecule has 252 valence electrons. The van der Waals surface area contributed by atoms with E-state index in [9.17, 15) is 5.11 Å². The van der Waals surface area contributed by atoms with Crippen LogP contribution in [0.4, 0.5) is 0 Å². The quantitative estimate of drug-likeness (QED) is 0.358. The Kier molecular flexibility index (Phi) is 7.33. The minimum atomic E-state index is -0.639. The van der Waals surface area contributed by atoms with Crippen LogP contribution in [0, 0.1) is 45.3 Å². The Balaban J connectivity index is 0.00000325. The van der Waals surface area contributed by atoms with Crippen molar-refractivity contribution in [3.8, 4) is 0 Å². The van der Waals surface area contributed by atoms with Gasteiger partial charge in [-0.3, -0.25) is 9.80 Å². The summed E-state index contributed by atoms with van der Waals surface area (Å²) in [5.74, 6) is 3.20. The van der Waals surface area contributed by atoms with Gasteiger partial charge in [0, 0.05) is 46.1 Å². The molecule has 0 radical (unpaired) electrons. The van der Waals surface area contributed by atoms with Crippen molar-refractivity contribution in [2.75, 3.05) is 32.8 Å². The lowest BCUT2D eigenvalue weighted by Crippen LogP contribution is -2.64. The van der Waals surface area contributed by atoms with E-state index >= 15 is 0 Å². The van der Waals surface area contributed by atoms with Crippen LogP contribution in [-0.2, 0) is 14.2 Å². The molecule has 3 heterocycles. The van der Waals surface area contributed by atoms with Gasteiger partial charge in [-0.25, -0.2) is 0 Å². The number of nitrogens with zero attached hydrogens (tertiary/aromatic N) is 2. The lowest BCUT2D eigenvalue weighted by Gasteiger charge is -2.60. The SMILES string of the molecule is CC(C)N1CC(N2CCOC(O[C@H]3CC[C@]45C[C@]46CC[C@]4(C)C7CCC(CC(C)(C)O)OC7CC4C6CCC5C3(C)C)C2)C1.[HH]. The Morgan fingerprint density at radius 2 is 1.70 bits per heavy atom. The molecule has 5 aliphatic carbocycles. The highest BCUT2D eigenvalue weighted by Crippen LogP contribution is 2.87. The van der Waals surface area contributed by atoms with E-state index in [0.29, 0.717) is 40.5 Å². The fourth-order valence-corrected chi connectivity index (χ4v) is 13.6. The molecule has 6 nitrogen and oxygen atoms in total. The first-order chi connectivity index (χ1) is 20.8. The molecule has 3 saturated heterocycles. The van der Waals surface area contributed by atoms with Gasteiger partial charge < -0.3 is 19.3 Å². The van der Waals surface area contributed by atoms with Crippen molar-refractivity contribution in [1.29, 1.82) is 0 Å². The number of hydrogen-bond donors (Lipinski definition) is 1. The fourth-order valence-electron chi connectivity index (χ4n) is 13.6. The van der Waals surface area contributed by atoms with E-state index in [4.69, 9.17) is 14.2 Å². The first-order valence-electron chi connectivity index (χ1n) is 18.9. The fraction of sp³-hybridized carbons (Fsp3) is 1.00. The molecule has 11 atom stereocenters. The second-order valence-electron chi connectivity index (χ2n) is 19.1. The maximum Gasteiger partial charge on any atom is 0.170 e. The number of hydrogen-bond acceptors (Lipinski definition) is 6. The summed E-state index contributed by atoms with van der Waals surface area (Å²) in [5.41, 5.74) is 1.13. The number of aliphatic hydroxyl groups is 1. The molecule has 8 fully saturated rings. The molecule has 0 aromatic rings. The van der Waals surface area contributed by atoms with Crippen molar-refractivity contribution in [2.45, 2.75) is 161 Å². The third-order valence-corrected chi connectivity index (χ3v) is 15.9. The van der Waals surface area contributed by atoms with Gasteiger partial charge in [0.15, 0.2) is 6.29 Å². The summed E-state index contributed by atoms with van der Waals surface area (Å²) in [6.07, 6.45) is 15.1. The van der Waals surface area contributed by atoms with Gasteiger partial charge in [-0.05, 0) is 137 Å². The lowest BCUT2D eigenvalue weighted by molar-refractivity contribution is -0.250. The Morgan fingerprint density at radius 1 is 0.932 bits per heavy atom. The topological polar surface area (TPSA) is 54.4 Å². The second kappa shape index (κ2) is 10.4. The van der Waals surface area contributed by atoms with Gasteiger partial charge in [0.1, 0.15) is 0 Å². The van der Waals surface area contributed by atoms with E-state index in [0.717, 1.165) is 56.2 Å². The van der Waals surface area contributed by atoms with Crippen LogP contribution in [0.1, 0.15) is 121 Å². The van der Waals surface area contributed by atoms with Gasteiger partial charge in [-0.1, -0.05) is 20.8 Å². The molecule has 7 unspecified atom stereocenters. The smallest absolute Gasteiger partial charge is 0.170 e. The molecule has 1 N–H and O–H groups in total. The average Bonchev–Trinajstić information content (AvgIpc) is 3.49. The Labute approximate surface area is 269 Å². The van der Waals surface area contributed by atoms with E-state index in [1.807, 2.05) is 13.8 Å². The van der Waals surface area contributed by atoms with Gasteiger partial charge in [0.2, 0.25) is 0 Å². The second-order valence-corrected chi connectivity index (χ2v) is 19.1. The van der Waals surface area contributed by atoms with E-state index < -0.39 is 5.60 Å². The molecular formula is C38H66N2O4. The van der Waals surface area contributed by atoms with E-state index in [1.165, 1.54) is 70.9 Å². The van der Waals surface area contributed by atoms with Gasteiger partial charge in [0.05, 0.1) is 30.5 Å². The van der Waals surface area contributed by atoms with Crippen LogP contribution in [0.3, 0.4) is 0 Å². The number of rotatable bonds is 6. The Hall–Kier alpha value is -0.240. The van der Waals surface area contributed by atoms with Crippen LogP contribution in [0.2, 0.25) is 0 Å². The zero-order valence-corrected chi connectivity index (χ0v) is 29.2. The molecule has 0 aromatic carbocycles. The van der Waals surface area contributed by atoms with Gasteiger partial charge in [-0.15, -0.1) is 0 Å². The van der Waals surface area contributed by atoms with Crippen molar-refractivity contribution in [3.63, 3.8) is 0 Å². The van der Waals surface area contributed by atoms with Crippen molar-refractivity contribution < 1.29 is 20.7 Å². The molecule has 0 amide bonds. The summed E-state index contributed by atoms with van der Waals surface area (Å²) < 4.78 is 20.1. The van der Waals surface area contributed by atoms with Crippen LogP contribution in [0.25, 0.3) is 0 Å². The van der Waals surface area contributed by atoms with Crippen molar-refractivity contribution in [2.24, 2.45) is 45.3 Å². The lowest BCUT2D eigenvalue weighted by atomic mass is 9.46. The first kappa shape index (κ1) is 31.1. The molecular weight excluding hydrogens is 548 g/mol. The van der Waals surface area contributed by atoms with Crippen molar-refractivity contribution >= 4 is 0 Å². The van der Waals surface area contributed by atoms with Gasteiger partial charge in [-0.2, -0.15) is 0 Å². The maximum absolute atomic E-state index is 10.5. The monoisotopic (exact) mass is 615 g/mol. The Bertz CT molecular complexity index is 1110. The predicted octanol–water partition coefficient (Wildman–Crippen LogP) is 6.74. The molecule has 6 heteroatoms. The number of ether oxygens (including phenoxy) is 3. The minimum absolute atomic E-state index is 0. The van der Waals surface area contributed by atoms with E-state index in [1.54, 1.807) is 0 Å². The molecule has 3 aliphatic heterocycles. The number of fused-ring (bicyclic) bond motifs is 4. The molecule has 8 rings (SSSR count). The van der Waals surface area contributed by atoms with Gasteiger partial charge >= 0.3 is 0 Å². The highest BCUT2D eigenvalue weighted by atomic mass is 16.7. The van der Waals surface area contributed by atoms with Crippen LogP contribution in [-0.4, -0.2) is 90.0 Å². The summed E-state index contributed by atoms with van der Waals surface area (Å²) in [6, 6.07) is 1.32. The summed E-state index contributed by atoms with van der Waals surface area (Å²) in [4.78, 5) is 5.23. The standard InChI is InChI=1S/C38H64N2O4.H2/c1-24(2)40-20-25(21-40)39-16-17-42-33(22-39)44-32-12-13-38-23-37(38)15-14-36(7)28-9-8-26(19-34(3,4)41)43-30(28)18-29(36)27(37)10-11-31(38)35(32,5)6;/h24-33,41H,8-23H2,1-7H3;1H/t26?,27?,28?,29?,30?,31?,32-,33?,36+,37-,38+;/m0./s1. The summed E-state index contributed by atoms with van der Waals surface area (Å²) in [6.45, 7) is 21.5. The summed E-state index contributed by atoms with van der Waals surface area (Å²) >= 11 is 0. The zero-order valence-electron chi connectivity index (χ0n) is 29.2. The summed E-state index contributed by atoms with van der Waals surface area (Å²) in [5, 5.41) is 10.5. The van der Waals surface area contributed by atoms with Gasteiger partial charge in [0.25, 0.3) is 0 Å². The molecule has 0 bridgehead atoms. The zero-order chi connectivity index (χ0) is 30.9.